The number of hydrogen-bond donors (Lipinski definition) is 1. The number of aromatic nitrogens is 2. The first-order valence-electron chi connectivity index (χ1n) is 9.46. The van der Waals surface area contributed by atoms with Gasteiger partial charge in [0, 0.05) is 64.0 Å². The van der Waals surface area contributed by atoms with Gasteiger partial charge in [-0.25, -0.2) is 0 Å². The van der Waals surface area contributed by atoms with Crippen molar-refractivity contribution in [3.63, 3.8) is 0 Å². The molecule has 0 radical (unpaired) electrons. The minimum atomic E-state index is -0.0643. The van der Waals surface area contributed by atoms with Crippen molar-refractivity contribution in [2.24, 2.45) is 13.0 Å². The number of carbonyl (C=O) groups excluding carboxylic acids is 2. The summed E-state index contributed by atoms with van der Waals surface area (Å²) in [5.74, 6) is 0.319. The molecule has 0 aliphatic carbocycles. The topological polar surface area (TPSA) is 70.5 Å². The standard InChI is InChI=1S/C20H25N5O2.ClH/c1-23-14-16(11-22-23)17-12-21-13-18(17)20(27)25-9-7-24(8-10-25)19(26)15-5-3-2-4-6-15;/h2-6,11,14,17-18,21H,7-10,12-13H2,1H3;1H/t17-,18+;/m1./s1. The van der Waals surface area contributed by atoms with E-state index in [-0.39, 0.29) is 36.1 Å². The zero-order chi connectivity index (χ0) is 18.8. The molecule has 4 rings (SSSR count). The summed E-state index contributed by atoms with van der Waals surface area (Å²) in [6.07, 6.45) is 3.85. The van der Waals surface area contributed by atoms with Crippen molar-refractivity contribution >= 4 is 24.2 Å². The number of rotatable bonds is 3. The quantitative estimate of drug-likeness (QED) is 0.834. The third-order valence-electron chi connectivity index (χ3n) is 5.58. The van der Waals surface area contributed by atoms with E-state index in [2.05, 4.69) is 10.4 Å². The third-order valence-corrected chi connectivity index (χ3v) is 5.58. The normalized spacial score (nSPS) is 22.0. The molecule has 7 nitrogen and oxygen atoms in total. The summed E-state index contributed by atoms with van der Waals surface area (Å²) in [5.41, 5.74) is 1.81. The van der Waals surface area contributed by atoms with Gasteiger partial charge in [-0.1, -0.05) is 18.2 Å². The molecule has 2 aliphatic heterocycles. The summed E-state index contributed by atoms with van der Waals surface area (Å²) in [5, 5.41) is 7.60. The second kappa shape index (κ2) is 8.75. The molecule has 0 spiro atoms. The van der Waals surface area contributed by atoms with Crippen LogP contribution in [0.1, 0.15) is 21.8 Å². The van der Waals surface area contributed by atoms with Crippen LogP contribution in [0.4, 0.5) is 0 Å². The van der Waals surface area contributed by atoms with Gasteiger partial charge < -0.3 is 15.1 Å². The van der Waals surface area contributed by atoms with Crippen molar-refractivity contribution in [1.29, 1.82) is 0 Å². The van der Waals surface area contributed by atoms with E-state index in [4.69, 9.17) is 0 Å². The highest BCUT2D eigenvalue weighted by Gasteiger charge is 2.38. The minimum absolute atomic E-state index is 0. The van der Waals surface area contributed by atoms with E-state index in [9.17, 15) is 9.59 Å². The summed E-state index contributed by atoms with van der Waals surface area (Å²) in [6, 6.07) is 9.32. The zero-order valence-electron chi connectivity index (χ0n) is 16.0. The third kappa shape index (κ3) is 4.05. The number of nitrogens with zero attached hydrogens (tertiary/aromatic N) is 4. The fraction of sp³-hybridized carbons (Fsp3) is 0.450. The molecule has 0 unspecified atom stereocenters. The Labute approximate surface area is 171 Å². The van der Waals surface area contributed by atoms with E-state index in [0.717, 1.165) is 12.1 Å². The van der Waals surface area contributed by atoms with Crippen LogP contribution in [-0.2, 0) is 11.8 Å². The number of hydrogen-bond acceptors (Lipinski definition) is 4. The molecule has 2 atom stereocenters. The van der Waals surface area contributed by atoms with E-state index >= 15 is 0 Å². The first-order chi connectivity index (χ1) is 13.1. The molecule has 28 heavy (non-hydrogen) atoms. The van der Waals surface area contributed by atoms with Gasteiger partial charge >= 0.3 is 0 Å². The molecule has 2 aliphatic rings. The van der Waals surface area contributed by atoms with Gasteiger partial charge in [-0.2, -0.15) is 5.10 Å². The van der Waals surface area contributed by atoms with E-state index in [1.54, 1.807) is 4.68 Å². The van der Waals surface area contributed by atoms with Gasteiger partial charge in [0.05, 0.1) is 12.1 Å². The van der Waals surface area contributed by atoms with E-state index in [0.29, 0.717) is 38.3 Å². The van der Waals surface area contributed by atoms with E-state index < -0.39 is 0 Å². The molecule has 2 aromatic rings. The maximum absolute atomic E-state index is 13.1. The van der Waals surface area contributed by atoms with Gasteiger partial charge in [0.1, 0.15) is 0 Å². The van der Waals surface area contributed by atoms with Crippen LogP contribution in [0.15, 0.2) is 42.7 Å². The summed E-state index contributed by atoms with van der Waals surface area (Å²) in [4.78, 5) is 29.4. The van der Waals surface area contributed by atoms with Gasteiger partial charge in [-0.15, -0.1) is 12.4 Å². The van der Waals surface area contributed by atoms with Crippen LogP contribution in [0.3, 0.4) is 0 Å². The fourth-order valence-electron chi connectivity index (χ4n) is 4.05. The summed E-state index contributed by atoms with van der Waals surface area (Å²) in [6.45, 7) is 3.84. The molecule has 0 bridgehead atoms. The van der Waals surface area contributed by atoms with Crippen LogP contribution >= 0.6 is 12.4 Å². The lowest BCUT2D eigenvalue weighted by Crippen LogP contribution is -2.52. The molecular weight excluding hydrogens is 378 g/mol. The van der Waals surface area contributed by atoms with Gasteiger partial charge in [0.25, 0.3) is 5.91 Å². The molecule has 0 saturated carbocycles. The van der Waals surface area contributed by atoms with Crippen molar-refractivity contribution in [2.45, 2.75) is 5.92 Å². The molecular formula is C20H26ClN5O2. The van der Waals surface area contributed by atoms with Gasteiger partial charge in [-0.3, -0.25) is 14.3 Å². The average Bonchev–Trinajstić information content (AvgIpc) is 3.36. The SMILES string of the molecule is Cl.Cn1cc([C@H]2CNC[C@@H]2C(=O)N2CCN(C(=O)c3ccccc3)CC2)cn1. The van der Waals surface area contributed by atoms with E-state index in [1.807, 2.05) is 59.6 Å². The number of benzene rings is 1. The summed E-state index contributed by atoms with van der Waals surface area (Å²) >= 11 is 0. The number of piperazine rings is 1. The van der Waals surface area contributed by atoms with Gasteiger partial charge in [-0.05, 0) is 17.7 Å². The Balaban J connectivity index is 0.00000225. The maximum atomic E-state index is 13.1. The Kier molecular flexibility index (Phi) is 6.36. The second-order valence-electron chi connectivity index (χ2n) is 7.30. The largest absolute Gasteiger partial charge is 0.339 e. The number of aryl methyl sites for hydroxylation is 1. The lowest BCUT2D eigenvalue weighted by atomic mass is 9.89. The molecule has 3 heterocycles. The minimum Gasteiger partial charge on any atom is -0.339 e. The molecule has 1 aromatic heterocycles. The van der Waals surface area contributed by atoms with Gasteiger partial charge in [0.15, 0.2) is 0 Å². The highest BCUT2D eigenvalue weighted by Crippen LogP contribution is 2.29. The molecule has 2 fully saturated rings. The Bertz CT molecular complexity index is 817. The average molecular weight is 404 g/mol. The highest BCUT2D eigenvalue weighted by molar-refractivity contribution is 5.94. The number of amides is 2. The fourth-order valence-corrected chi connectivity index (χ4v) is 4.05. The molecule has 1 aromatic carbocycles. The molecule has 2 saturated heterocycles. The zero-order valence-corrected chi connectivity index (χ0v) is 16.8. The lowest BCUT2D eigenvalue weighted by Gasteiger charge is -2.36. The molecule has 150 valence electrons. The van der Waals surface area contributed by atoms with Crippen LogP contribution in [0.2, 0.25) is 0 Å². The predicted octanol–water partition coefficient (Wildman–Crippen LogP) is 1.13. The van der Waals surface area contributed by atoms with Crippen molar-refractivity contribution in [3.8, 4) is 0 Å². The van der Waals surface area contributed by atoms with Crippen LogP contribution < -0.4 is 5.32 Å². The summed E-state index contributed by atoms with van der Waals surface area (Å²) in [7, 11) is 1.89. The first-order valence-corrected chi connectivity index (χ1v) is 9.46. The van der Waals surface area contributed by atoms with Crippen LogP contribution in [0.5, 0.6) is 0 Å². The van der Waals surface area contributed by atoms with Crippen molar-refractivity contribution in [1.82, 2.24) is 24.9 Å². The molecule has 2 amide bonds. The Morgan fingerprint density at radius 2 is 1.71 bits per heavy atom. The Hall–Kier alpha value is -2.38. The smallest absolute Gasteiger partial charge is 0.253 e. The van der Waals surface area contributed by atoms with Crippen molar-refractivity contribution in [2.75, 3.05) is 39.3 Å². The number of carbonyl (C=O) groups is 2. The first kappa shape index (κ1) is 20.4. The van der Waals surface area contributed by atoms with Crippen molar-refractivity contribution in [3.05, 3.63) is 53.9 Å². The number of halogens is 1. The summed E-state index contributed by atoms with van der Waals surface area (Å²) < 4.78 is 1.78. The van der Waals surface area contributed by atoms with Crippen LogP contribution in [0.25, 0.3) is 0 Å². The lowest BCUT2D eigenvalue weighted by molar-refractivity contribution is -0.136. The predicted molar refractivity (Wildman–Crippen MR) is 108 cm³/mol. The molecule has 8 heteroatoms. The monoisotopic (exact) mass is 403 g/mol. The number of nitrogens with one attached hydrogen (secondary N) is 1. The van der Waals surface area contributed by atoms with Crippen LogP contribution in [0, 0.1) is 5.92 Å². The Morgan fingerprint density at radius 1 is 1.04 bits per heavy atom. The van der Waals surface area contributed by atoms with Crippen LogP contribution in [-0.4, -0.2) is 70.7 Å². The highest BCUT2D eigenvalue weighted by atomic mass is 35.5. The maximum Gasteiger partial charge on any atom is 0.253 e. The second-order valence-corrected chi connectivity index (χ2v) is 7.30. The van der Waals surface area contributed by atoms with Gasteiger partial charge in [0.2, 0.25) is 5.91 Å². The Morgan fingerprint density at radius 3 is 2.36 bits per heavy atom. The molecule has 1 N–H and O–H groups in total. The van der Waals surface area contributed by atoms with E-state index in [1.165, 1.54) is 0 Å². The van der Waals surface area contributed by atoms with Crippen molar-refractivity contribution < 1.29 is 9.59 Å².